The van der Waals surface area contributed by atoms with E-state index in [9.17, 15) is 9.18 Å². The molecule has 0 aliphatic heterocycles. The van der Waals surface area contributed by atoms with Crippen molar-refractivity contribution in [1.82, 2.24) is 0 Å². The third-order valence-electron chi connectivity index (χ3n) is 4.10. The van der Waals surface area contributed by atoms with Crippen LogP contribution in [0, 0.1) is 5.82 Å². The van der Waals surface area contributed by atoms with Crippen LogP contribution in [0.4, 0.5) is 10.1 Å². The van der Waals surface area contributed by atoms with Gasteiger partial charge in [-0.05, 0) is 41.7 Å². The minimum absolute atomic E-state index is 0.0465. The Balaban J connectivity index is 1.88. The Hall–Kier alpha value is -2.01. The summed E-state index contributed by atoms with van der Waals surface area (Å²) < 4.78 is 18.6. The zero-order chi connectivity index (χ0) is 18.2. The first kappa shape index (κ1) is 19.3. The highest BCUT2D eigenvalue weighted by molar-refractivity contribution is 7.99. The standard InChI is InChI=1S/C20H24FNO2S/c1-4-14(2)16-7-5-6-8-18(16)22-20(23)13-25-12-15-9-10-19(24-3)17(21)11-15/h5-11,14H,4,12-13H2,1-3H3,(H,22,23)/t14-/m0/s1. The summed E-state index contributed by atoms with van der Waals surface area (Å²) in [5.41, 5.74) is 2.86. The molecule has 3 nitrogen and oxygen atoms in total. The molecular formula is C20H24FNO2S. The number of nitrogens with one attached hydrogen (secondary N) is 1. The first-order valence-electron chi connectivity index (χ1n) is 8.34. The summed E-state index contributed by atoms with van der Waals surface area (Å²) in [5.74, 6) is 1.09. The van der Waals surface area contributed by atoms with E-state index in [0.29, 0.717) is 17.4 Å². The van der Waals surface area contributed by atoms with Crippen molar-refractivity contribution in [1.29, 1.82) is 0 Å². The summed E-state index contributed by atoms with van der Waals surface area (Å²) in [5, 5.41) is 2.99. The van der Waals surface area contributed by atoms with Gasteiger partial charge in [-0.3, -0.25) is 4.79 Å². The van der Waals surface area contributed by atoms with Gasteiger partial charge in [-0.1, -0.05) is 38.1 Å². The van der Waals surface area contributed by atoms with Crippen LogP contribution in [0.25, 0.3) is 0 Å². The number of ether oxygens (including phenoxy) is 1. The largest absolute Gasteiger partial charge is 0.494 e. The lowest BCUT2D eigenvalue weighted by molar-refractivity contribution is -0.113. The average Bonchev–Trinajstić information content (AvgIpc) is 2.61. The number of para-hydroxylation sites is 1. The molecule has 0 aliphatic rings. The Bertz CT molecular complexity index is 721. The van der Waals surface area contributed by atoms with Crippen LogP contribution in [-0.4, -0.2) is 18.8 Å². The van der Waals surface area contributed by atoms with Gasteiger partial charge < -0.3 is 10.1 Å². The SMILES string of the molecule is CC[C@H](C)c1ccccc1NC(=O)CSCc1ccc(OC)c(F)c1. The lowest BCUT2D eigenvalue weighted by atomic mass is 9.97. The van der Waals surface area contributed by atoms with Crippen molar-refractivity contribution in [3.63, 3.8) is 0 Å². The van der Waals surface area contributed by atoms with Crippen LogP contribution in [0.3, 0.4) is 0 Å². The van der Waals surface area contributed by atoms with Crippen LogP contribution in [0.15, 0.2) is 42.5 Å². The van der Waals surface area contributed by atoms with E-state index < -0.39 is 0 Å². The first-order chi connectivity index (χ1) is 12.0. The summed E-state index contributed by atoms with van der Waals surface area (Å²) in [7, 11) is 1.44. The first-order valence-corrected chi connectivity index (χ1v) is 9.49. The van der Waals surface area contributed by atoms with Gasteiger partial charge in [0.1, 0.15) is 0 Å². The fourth-order valence-electron chi connectivity index (χ4n) is 2.51. The Morgan fingerprint density at radius 3 is 2.72 bits per heavy atom. The smallest absolute Gasteiger partial charge is 0.234 e. The molecule has 1 N–H and O–H groups in total. The van der Waals surface area contributed by atoms with Crippen molar-refractivity contribution >= 4 is 23.4 Å². The Morgan fingerprint density at radius 2 is 2.04 bits per heavy atom. The van der Waals surface area contributed by atoms with Crippen molar-refractivity contribution in [2.24, 2.45) is 0 Å². The normalized spacial score (nSPS) is 11.8. The number of methoxy groups -OCH3 is 1. The molecule has 0 bridgehead atoms. The molecule has 25 heavy (non-hydrogen) atoms. The summed E-state index contributed by atoms with van der Waals surface area (Å²) in [6, 6.07) is 12.8. The molecule has 0 spiro atoms. The second kappa shape index (κ2) is 9.47. The number of halogens is 1. The number of thioether (sulfide) groups is 1. The summed E-state index contributed by atoms with van der Waals surface area (Å²) in [6.07, 6.45) is 1.02. The molecule has 2 aromatic carbocycles. The molecule has 0 saturated carbocycles. The Labute approximate surface area is 153 Å². The summed E-state index contributed by atoms with van der Waals surface area (Å²) in [4.78, 5) is 12.2. The van der Waals surface area contributed by atoms with Gasteiger partial charge in [-0.15, -0.1) is 11.8 Å². The van der Waals surface area contributed by atoms with Crippen LogP contribution in [0.5, 0.6) is 5.75 Å². The lowest BCUT2D eigenvalue weighted by Crippen LogP contribution is -2.16. The molecule has 1 atom stereocenters. The van der Waals surface area contributed by atoms with E-state index in [1.165, 1.54) is 24.9 Å². The van der Waals surface area contributed by atoms with Gasteiger partial charge in [0.2, 0.25) is 5.91 Å². The van der Waals surface area contributed by atoms with E-state index in [2.05, 4.69) is 25.2 Å². The zero-order valence-electron chi connectivity index (χ0n) is 14.8. The minimum Gasteiger partial charge on any atom is -0.494 e. The number of anilines is 1. The van der Waals surface area contributed by atoms with E-state index >= 15 is 0 Å². The van der Waals surface area contributed by atoms with Gasteiger partial charge in [0.25, 0.3) is 0 Å². The number of amides is 1. The number of carbonyl (C=O) groups is 1. The third-order valence-corrected chi connectivity index (χ3v) is 5.10. The van der Waals surface area contributed by atoms with Crippen molar-refractivity contribution in [2.75, 3.05) is 18.2 Å². The van der Waals surface area contributed by atoms with Crippen LogP contribution in [0.1, 0.15) is 37.3 Å². The monoisotopic (exact) mass is 361 g/mol. The molecule has 0 saturated heterocycles. The number of hydrogen-bond donors (Lipinski definition) is 1. The molecule has 0 aromatic heterocycles. The third kappa shape index (κ3) is 5.49. The molecule has 0 aliphatic carbocycles. The molecule has 0 fully saturated rings. The molecule has 1 amide bonds. The van der Waals surface area contributed by atoms with E-state index in [1.54, 1.807) is 6.07 Å². The summed E-state index contributed by atoms with van der Waals surface area (Å²) in [6.45, 7) is 4.28. The van der Waals surface area contributed by atoms with Crippen LogP contribution in [0.2, 0.25) is 0 Å². The quantitative estimate of drug-likeness (QED) is 0.700. The van der Waals surface area contributed by atoms with E-state index in [1.807, 2.05) is 24.3 Å². The van der Waals surface area contributed by atoms with Gasteiger partial charge in [0.15, 0.2) is 11.6 Å². The Morgan fingerprint density at radius 1 is 1.28 bits per heavy atom. The van der Waals surface area contributed by atoms with Crippen LogP contribution >= 0.6 is 11.8 Å². The van der Waals surface area contributed by atoms with Crippen molar-refractivity contribution in [2.45, 2.75) is 31.9 Å². The second-order valence-electron chi connectivity index (χ2n) is 5.91. The molecule has 2 rings (SSSR count). The maximum Gasteiger partial charge on any atom is 0.234 e. The maximum atomic E-state index is 13.7. The number of benzene rings is 2. The Kier molecular flexibility index (Phi) is 7.31. The number of hydrogen-bond acceptors (Lipinski definition) is 3. The molecule has 2 aromatic rings. The van der Waals surface area contributed by atoms with Crippen molar-refractivity contribution in [3.05, 3.63) is 59.4 Å². The highest BCUT2D eigenvalue weighted by Gasteiger charge is 2.11. The minimum atomic E-state index is -0.382. The van der Waals surface area contributed by atoms with Gasteiger partial charge in [-0.2, -0.15) is 0 Å². The topological polar surface area (TPSA) is 38.3 Å². The zero-order valence-corrected chi connectivity index (χ0v) is 15.7. The van der Waals surface area contributed by atoms with Gasteiger partial charge >= 0.3 is 0 Å². The van der Waals surface area contributed by atoms with E-state index in [-0.39, 0.29) is 17.5 Å². The molecule has 0 unspecified atom stereocenters. The number of carbonyl (C=O) groups excluding carboxylic acids is 1. The highest BCUT2D eigenvalue weighted by atomic mass is 32.2. The molecular weight excluding hydrogens is 337 g/mol. The predicted octanol–water partition coefficient (Wildman–Crippen LogP) is 5.22. The van der Waals surface area contributed by atoms with Crippen LogP contribution < -0.4 is 10.1 Å². The second-order valence-corrected chi connectivity index (χ2v) is 6.89. The van der Waals surface area contributed by atoms with Gasteiger partial charge in [0, 0.05) is 11.4 Å². The molecule has 134 valence electrons. The van der Waals surface area contributed by atoms with Crippen molar-refractivity contribution in [3.8, 4) is 5.75 Å². The fraction of sp³-hybridized carbons (Fsp3) is 0.350. The predicted molar refractivity (Wildman–Crippen MR) is 103 cm³/mol. The van der Waals surface area contributed by atoms with Crippen molar-refractivity contribution < 1.29 is 13.9 Å². The molecule has 5 heteroatoms. The fourth-order valence-corrected chi connectivity index (χ4v) is 3.28. The van der Waals surface area contributed by atoms with Gasteiger partial charge in [0.05, 0.1) is 12.9 Å². The van der Waals surface area contributed by atoms with E-state index in [0.717, 1.165) is 23.2 Å². The number of rotatable bonds is 8. The highest BCUT2D eigenvalue weighted by Crippen LogP contribution is 2.27. The van der Waals surface area contributed by atoms with Gasteiger partial charge in [-0.25, -0.2) is 4.39 Å². The van der Waals surface area contributed by atoms with Crippen LogP contribution in [-0.2, 0) is 10.5 Å². The lowest BCUT2D eigenvalue weighted by Gasteiger charge is -2.15. The average molecular weight is 361 g/mol. The summed E-state index contributed by atoms with van der Waals surface area (Å²) >= 11 is 1.46. The molecule has 0 heterocycles. The maximum absolute atomic E-state index is 13.7. The van der Waals surface area contributed by atoms with E-state index in [4.69, 9.17) is 4.74 Å². The molecule has 0 radical (unpaired) electrons.